The molecule has 0 aliphatic heterocycles. The van der Waals surface area contributed by atoms with Gasteiger partial charge in [-0.25, -0.2) is 0 Å². The number of hydrogen-bond acceptors (Lipinski definition) is 0. The summed E-state index contributed by atoms with van der Waals surface area (Å²) in [5.74, 6) is 0. The molecular formula is C44H30N2. The van der Waals surface area contributed by atoms with Gasteiger partial charge in [-0.05, 0) is 88.0 Å². The Morgan fingerprint density at radius 3 is 1.57 bits per heavy atom. The fourth-order valence-corrected chi connectivity index (χ4v) is 6.93. The summed E-state index contributed by atoms with van der Waals surface area (Å²) in [6.45, 7) is 0. The predicted octanol–water partition coefficient (Wildman–Crippen LogP) is 11.7. The van der Waals surface area contributed by atoms with Crippen LogP contribution in [0.15, 0.2) is 182 Å². The van der Waals surface area contributed by atoms with Crippen molar-refractivity contribution >= 4 is 32.7 Å². The zero-order chi connectivity index (χ0) is 30.5. The number of aromatic nitrogens is 2. The standard InChI is InChI=1S/C44H30N2/c1-4-11-31(12-5-1)33-19-22-38(23-20-33)46-43-25-21-36(35-16-10-15-34(29-35)32-13-6-2-7-14-32)30-41(43)39-24-26-42-40(44(39)46)27-28-45(42)37-17-8-3-9-18-37/h1-30H. The molecule has 0 atom stereocenters. The van der Waals surface area contributed by atoms with E-state index in [1.807, 2.05) is 0 Å². The van der Waals surface area contributed by atoms with Crippen molar-refractivity contribution < 1.29 is 0 Å². The summed E-state index contributed by atoms with van der Waals surface area (Å²) in [5, 5.41) is 3.73. The van der Waals surface area contributed by atoms with Gasteiger partial charge in [0.2, 0.25) is 0 Å². The average Bonchev–Trinajstić information content (AvgIpc) is 3.72. The van der Waals surface area contributed by atoms with Gasteiger partial charge >= 0.3 is 0 Å². The van der Waals surface area contributed by atoms with Gasteiger partial charge in [0.15, 0.2) is 0 Å². The van der Waals surface area contributed by atoms with Crippen LogP contribution < -0.4 is 0 Å². The summed E-state index contributed by atoms with van der Waals surface area (Å²) >= 11 is 0. The second-order valence-electron chi connectivity index (χ2n) is 11.8. The number of hydrogen-bond donors (Lipinski definition) is 0. The highest BCUT2D eigenvalue weighted by Gasteiger charge is 2.18. The van der Waals surface area contributed by atoms with E-state index in [9.17, 15) is 0 Å². The Labute approximate surface area is 268 Å². The fraction of sp³-hybridized carbons (Fsp3) is 0. The highest BCUT2D eigenvalue weighted by Crippen LogP contribution is 2.40. The molecule has 9 rings (SSSR count). The first-order chi connectivity index (χ1) is 22.8. The van der Waals surface area contributed by atoms with E-state index in [4.69, 9.17) is 0 Å². The Bertz CT molecular complexity index is 2480. The van der Waals surface area contributed by atoms with Crippen molar-refractivity contribution in [3.63, 3.8) is 0 Å². The molecule has 9 aromatic rings. The van der Waals surface area contributed by atoms with Gasteiger partial charge in [-0.15, -0.1) is 0 Å². The van der Waals surface area contributed by atoms with Gasteiger partial charge in [-0.3, -0.25) is 0 Å². The predicted molar refractivity (Wildman–Crippen MR) is 194 cm³/mol. The topological polar surface area (TPSA) is 9.86 Å². The third-order valence-corrected chi connectivity index (χ3v) is 9.17. The van der Waals surface area contributed by atoms with Crippen LogP contribution in [0, 0.1) is 0 Å². The first-order valence-corrected chi connectivity index (χ1v) is 15.8. The molecule has 0 N–H and O–H groups in total. The van der Waals surface area contributed by atoms with Crippen molar-refractivity contribution in [2.75, 3.05) is 0 Å². The molecule has 0 bridgehead atoms. The highest BCUT2D eigenvalue weighted by molar-refractivity contribution is 6.19. The minimum atomic E-state index is 1.15. The van der Waals surface area contributed by atoms with Crippen molar-refractivity contribution in [1.29, 1.82) is 0 Å². The zero-order valence-electron chi connectivity index (χ0n) is 25.2. The van der Waals surface area contributed by atoms with Crippen molar-refractivity contribution in [3.8, 4) is 44.8 Å². The molecule has 216 valence electrons. The van der Waals surface area contributed by atoms with E-state index in [0.29, 0.717) is 0 Å². The minimum Gasteiger partial charge on any atom is -0.316 e. The van der Waals surface area contributed by atoms with Gasteiger partial charge in [0.05, 0.1) is 16.6 Å². The van der Waals surface area contributed by atoms with Crippen molar-refractivity contribution in [2.24, 2.45) is 0 Å². The van der Waals surface area contributed by atoms with E-state index in [0.717, 1.165) is 11.4 Å². The lowest BCUT2D eigenvalue weighted by Crippen LogP contribution is -1.95. The highest BCUT2D eigenvalue weighted by atomic mass is 15.0. The van der Waals surface area contributed by atoms with Gasteiger partial charge in [-0.1, -0.05) is 121 Å². The molecule has 2 nitrogen and oxygen atoms in total. The molecular weight excluding hydrogens is 556 g/mol. The Morgan fingerprint density at radius 1 is 0.304 bits per heavy atom. The molecule has 0 spiro atoms. The summed E-state index contributed by atoms with van der Waals surface area (Å²) in [4.78, 5) is 0. The van der Waals surface area contributed by atoms with Crippen LogP contribution in [0.4, 0.5) is 0 Å². The number of fused-ring (bicyclic) bond motifs is 5. The monoisotopic (exact) mass is 586 g/mol. The maximum absolute atomic E-state index is 2.45. The Hall–Kier alpha value is -6.12. The van der Waals surface area contributed by atoms with E-state index >= 15 is 0 Å². The van der Waals surface area contributed by atoms with Crippen LogP contribution in [-0.2, 0) is 0 Å². The molecule has 0 radical (unpaired) electrons. The second kappa shape index (κ2) is 10.8. The van der Waals surface area contributed by atoms with Crippen molar-refractivity contribution in [3.05, 3.63) is 182 Å². The number of nitrogens with zero attached hydrogens (tertiary/aromatic N) is 2. The average molecular weight is 587 g/mol. The Balaban J connectivity index is 1.27. The molecule has 2 heterocycles. The quantitative estimate of drug-likeness (QED) is 0.190. The molecule has 2 aromatic heterocycles. The SMILES string of the molecule is c1ccc(-c2ccc(-n3c4ccc(-c5cccc(-c6ccccc6)c5)cc4c4ccc5c(ccn5-c5ccccc5)c43)cc2)cc1. The van der Waals surface area contributed by atoms with Crippen molar-refractivity contribution in [1.82, 2.24) is 9.13 Å². The first-order valence-electron chi connectivity index (χ1n) is 15.8. The molecule has 0 amide bonds. The van der Waals surface area contributed by atoms with Gasteiger partial charge in [-0.2, -0.15) is 0 Å². The second-order valence-corrected chi connectivity index (χ2v) is 11.8. The maximum atomic E-state index is 2.45. The molecule has 0 unspecified atom stereocenters. The van der Waals surface area contributed by atoms with Crippen LogP contribution in [0.25, 0.3) is 77.5 Å². The zero-order valence-corrected chi connectivity index (χ0v) is 25.2. The lowest BCUT2D eigenvalue weighted by Gasteiger charge is -2.11. The summed E-state index contributed by atoms with van der Waals surface area (Å²) in [6.07, 6.45) is 2.19. The van der Waals surface area contributed by atoms with Crippen LogP contribution in [0.3, 0.4) is 0 Å². The van der Waals surface area contributed by atoms with Gasteiger partial charge in [0.25, 0.3) is 0 Å². The van der Waals surface area contributed by atoms with E-state index < -0.39 is 0 Å². The lowest BCUT2D eigenvalue weighted by atomic mass is 9.98. The summed E-state index contributed by atoms with van der Waals surface area (Å²) in [6, 6.07) is 63.4. The van der Waals surface area contributed by atoms with E-state index in [2.05, 4.69) is 191 Å². The normalized spacial score (nSPS) is 11.5. The van der Waals surface area contributed by atoms with E-state index in [-0.39, 0.29) is 0 Å². The van der Waals surface area contributed by atoms with Crippen LogP contribution in [0.5, 0.6) is 0 Å². The lowest BCUT2D eigenvalue weighted by molar-refractivity contribution is 1.13. The van der Waals surface area contributed by atoms with E-state index in [1.54, 1.807) is 0 Å². The van der Waals surface area contributed by atoms with Gasteiger partial charge in [0, 0.05) is 33.7 Å². The molecule has 0 fully saturated rings. The molecule has 0 aliphatic rings. The smallest absolute Gasteiger partial charge is 0.0635 e. The van der Waals surface area contributed by atoms with Gasteiger partial charge in [0.1, 0.15) is 0 Å². The fourth-order valence-electron chi connectivity index (χ4n) is 6.93. The largest absolute Gasteiger partial charge is 0.316 e. The van der Waals surface area contributed by atoms with Crippen LogP contribution in [0.1, 0.15) is 0 Å². The van der Waals surface area contributed by atoms with Crippen LogP contribution in [0.2, 0.25) is 0 Å². The maximum Gasteiger partial charge on any atom is 0.0635 e. The molecule has 2 heteroatoms. The van der Waals surface area contributed by atoms with Crippen molar-refractivity contribution in [2.45, 2.75) is 0 Å². The molecule has 46 heavy (non-hydrogen) atoms. The number of benzene rings is 7. The van der Waals surface area contributed by atoms with Gasteiger partial charge < -0.3 is 9.13 Å². The Kier molecular flexibility index (Phi) is 6.17. The first kappa shape index (κ1) is 26.3. The number of rotatable bonds is 5. The summed E-state index contributed by atoms with van der Waals surface area (Å²) < 4.78 is 4.73. The number of para-hydroxylation sites is 1. The molecule has 7 aromatic carbocycles. The van der Waals surface area contributed by atoms with Crippen LogP contribution >= 0.6 is 0 Å². The minimum absolute atomic E-state index is 1.15. The molecule has 0 aliphatic carbocycles. The molecule has 0 saturated heterocycles. The third kappa shape index (κ3) is 4.35. The summed E-state index contributed by atoms with van der Waals surface area (Å²) in [5.41, 5.74) is 13.3. The van der Waals surface area contributed by atoms with E-state index in [1.165, 1.54) is 66.1 Å². The Morgan fingerprint density at radius 2 is 0.848 bits per heavy atom. The third-order valence-electron chi connectivity index (χ3n) is 9.17. The summed E-state index contributed by atoms with van der Waals surface area (Å²) in [7, 11) is 0. The van der Waals surface area contributed by atoms with Crippen LogP contribution in [-0.4, -0.2) is 9.13 Å². The molecule has 0 saturated carbocycles.